The second-order valence-corrected chi connectivity index (χ2v) is 5.96. The van der Waals surface area contributed by atoms with Crippen LogP contribution >= 0.6 is 23.2 Å². The fourth-order valence-electron chi connectivity index (χ4n) is 2.08. The molecule has 0 aromatic heterocycles. The lowest BCUT2D eigenvalue weighted by Gasteiger charge is -2.22. The molecule has 0 bridgehead atoms. The molecule has 6 heteroatoms. The summed E-state index contributed by atoms with van der Waals surface area (Å²) in [7, 11) is 1.60. The van der Waals surface area contributed by atoms with Gasteiger partial charge in [-0.1, -0.05) is 41.4 Å². The van der Waals surface area contributed by atoms with Crippen LogP contribution in [-0.2, 0) is 11.3 Å². The Hall–Kier alpha value is -1.78. The van der Waals surface area contributed by atoms with Crippen LogP contribution in [0.5, 0.6) is 5.75 Å². The number of carbonyl (C=O) groups is 1. The molecule has 1 amide bonds. The minimum Gasteiger partial charge on any atom is -0.479 e. The number of likely N-dealkylation sites (N-methyl/N-ethyl adjacent to an activating group) is 1. The van der Waals surface area contributed by atoms with Crippen LogP contribution in [0, 0.1) is 5.82 Å². The van der Waals surface area contributed by atoms with E-state index in [9.17, 15) is 9.18 Å². The number of nitrogens with zero attached hydrogens (tertiary/aromatic N) is 1. The van der Waals surface area contributed by atoms with Crippen LogP contribution < -0.4 is 4.74 Å². The van der Waals surface area contributed by atoms with Crippen molar-refractivity contribution in [3.05, 3.63) is 63.9 Å². The van der Waals surface area contributed by atoms with Gasteiger partial charge in [0.1, 0.15) is 11.6 Å². The van der Waals surface area contributed by atoms with E-state index in [0.29, 0.717) is 21.4 Å². The summed E-state index contributed by atoms with van der Waals surface area (Å²) in [6.07, 6.45) is -0.759. The minimum atomic E-state index is -0.759. The monoisotopic (exact) mass is 355 g/mol. The maximum Gasteiger partial charge on any atom is 0.263 e. The van der Waals surface area contributed by atoms with Gasteiger partial charge < -0.3 is 9.64 Å². The molecule has 23 heavy (non-hydrogen) atoms. The highest BCUT2D eigenvalue weighted by atomic mass is 35.5. The van der Waals surface area contributed by atoms with E-state index in [2.05, 4.69) is 0 Å². The average molecular weight is 356 g/mol. The van der Waals surface area contributed by atoms with Crippen LogP contribution in [-0.4, -0.2) is 24.0 Å². The summed E-state index contributed by atoms with van der Waals surface area (Å²) in [6.45, 7) is 1.78. The second-order valence-electron chi connectivity index (χ2n) is 5.12. The van der Waals surface area contributed by atoms with E-state index < -0.39 is 6.10 Å². The first-order valence-corrected chi connectivity index (χ1v) is 7.74. The van der Waals surface area contributed by atoms with Crippen molar-refractivity contribution in [2.24, 2.45) is 0 Å². The maximum absolute atomic E-state index is 13.7. The van der Waals surface area contributed by atoms with Crippen LogP contribution in [0.4, 0.5) is 4.39 Å². The van der Waals surface area contributed by atoms with Crippen LogP contribution in [0.3, 0.4) is 0 Å². The Balaban J connectivity index is 2.02. The van der Waals surface area contributed by atoms with Crippen LogP contribution in [0.25, 0.3) is 0 Å². The van der Waals surface area contributed by atoms with Crippen molar-refractivity contribution in [1.82, 2.24) is 4.90 Å². The van der Waals surface area contributed by atoms with Gasteiger partial charge in [0.2, 0.25) is 0 Å². The van der Waals surface area contributed by atoms with Gasteiger partial charge in [-0.15, -0.1) is 0 Å². The van der Waals surface area contributed by atoms with Gasteiger partial charge in [-0.25, -0.2) is 4.39 Å². The average Bonchev–Trinajstić information content (AvgIpc) is 2.51. The van der Waals surface area contributed by atoms with Crippen LogP contribution in [0.2, 0.25) is 10.0 Å². The minimum absolute atomic E-state index is 0.160. The first kappa shape index (κ1) is 17.6. The lowest BCUT2D eigenvalue weighted by Crippen LogP contribution is -2.37. The van der Waals surface area contributed by atoms with E-state index in [4.69, 9.17) is 27.9 Å². The molecule has 0 spiro atoms. The number of carbonyl (C=O) groups excluding carboxylic acids is 1. The molecule has 3 nitrogen and oxygen atoms in total. The van der Waals surface area contributed by atoms with Gasteiger partial charge in [0.25, 0.3) is 5.91 Å². The molecule has 0 aliphatic rings. The highest BCUT2D eigenvalue weighted by molar-refractivity contribution is 6.35. The zero-order chi connectivity index (χ0) is 17.0. The maximum atomic E-state index is 13.7. The highest BCUT2D eigenvalue weighted by Crippen LogP contribution is 2.28. The number of benzene rings is 2. The normalized spacial score (nSPS) is 11.9. The molecule has 0 saturated carbocycles. The van der Waals surface area contributed by atoms with Crippen molar-refractivity contribution in [1.29, 1.82) is 0 Å². The summed E-state index contributed by atoms with van der Waals surface area (Å²) < 4.78 is 19.2. The van der Waals surface area contributed by atoms with E-state index >= 15 is 0 Å². The highest BCUT2D eigenvalue weighted by Gasteiger charge is 2.21. The molecule has 0 fully saturated rings. The van der Waals surface area contributed by atoms with E-state index in [1.165, 1.54) is 11.0 Å². The van der Waals surface area contributed by atoms with Gasteiger partial charge >= 0.3 is 0 Å². The summed E-state index contributed by atoms with van der Waals surface area (Å²) in [6, 6.07) is 11.1. The van der Waals surface area contributed by atoms with Crippen LogP contribution in [0.1, 0.15) is 12.5 Å². The predicted octanol–water partition coefficient (Wildman–Crippen LogP) is 4.56. The zero-order valence-electron chi connectivity index (χ0n) is 12.7. The van der Waals surface area contributed by atoms with Crippen molar-refractivity contribution in [2.45, 2.75) is 19.6 Å². The van der Waals surface area contributed by atoms with Crippen molar-refractivity contribution >= 4 is 29.1 Å². The van der Waals surface area contributed by atoms with Crippen LogP contribution in [0.15, 0.2) is 42.5 Å². The van der Waals surface area contributed by atoms with E-state index in [0.717, 1.165) is 0 Å². The van der Waals surface area contributed by atoms with Gasteiger partial charge in [-0.2, -0.15) is 0 Å². The molecule has 2 rings (SSSR count). The largest absolute Gasteiger partial charge is 0.479 e. The molecule has 0 radical (unpaired) electrons. The van der Waals surface area contributed by atoms with Crippen molar-refractivity contribution in [3.63, 3.8) is 0 Å². The van der Waals surface area contributed by atoms with E-state index in [1.807, 2.05) is 0 Å². The Morgan fingerprint density at radius 3 is 2.61 bits per heavy atom. The SMILES string of the molecule is CC(Oc1ccc(Cl)cc1Cl)C(=O)N(C)Cc1ccccc1F. The predicted molar refractivity (Wildman–Crippen MR) is 89.4 cm³/mol. The Bertz CT molecular complexity index is 709. The molecule has 1 unspecified atom stereocenters. The molecule has 0 saturated heterocycles. The fourth-order valence-corrected chi connectivity index (χ4v) is 2.54. The quantitative estimate of drug-likeness (QED) is 0.786. The van der Waals surface area contributed by atoms with E-state index in [1.54, 1.807) is 50.4 Å². The van der Waals surface area contributed by atoms with Crippen molar-refractivity contribution < 1.29 is 13.9 Å². The first-order chi connectivity index (χ1) is 10.9. The molecule has 2 aromatic carbocycles. The lowest BCUT2D eigenvalue weighted by atomic mass is 10.2. The Kier molecular flexibility index (Phi) is 5.85. The van der Waals surface area contributed by atoms with Gasteiger partial charge in [-0.3, -0.25) is 4.79 Å². The van der Waals surface area contributed by atoms with Gasteiger partial charge in [-0.05, 0) is 31.2 Å². The van der Waals surface area contributed by atoms with Crippen molar-refractivity contribution in [3.8, 4) is 5.75 Å². The molecular weight excluding hydrogens is 340 g/mol. The van der Waals surface area contributed by atoms with Crippen molar-refractivity contribution in [2.75, 3.05) is 7.05 Å². The number of ether oxygens (including phenoxy) is 1. The Morgan fingerprint density at radius 1 is 1.26 bits per heavy atom. The molecule has 0 aliphatic heterocycles. The molecule has 0 aliphatic carbocycles. The van der Waals surface area contributed by atoms with Gasteiger partial charge in [0.05, 0.1) is 5.02 Å². The smallest absolute Gasteiger partial charge is 0.263 e. The third kappa shape index (κ3) is 4.60. The topological polar surface area (TPSA) is 29.5 Å². The fraction of sp³-hybridized carbons (Fsp3) is 0.235. The third-order valence-corrected chi connectivity index (χ3v) is 3.82. The number of hydrogen-bond donors (Lipinski definition) is 0. The van der Waals surface area contributed by atoms with Gasteiger partial charge in [0.15, 0.2) is 6.10 Å². The number of amides is 1. The molecule has 0 heterocycles. The number of hydrogen-bond acceptors (Lipinski definition) is 2. The Morgan fingerprint density at radius 2 is 1.96 bits per heavy atom. The number of halogens is 3. The molecule has 0 N–H and O–H groups in total. The second kappa shape index (κ2) is 7.66. The zero-order valence-corrected chi connectivity index (χ0v) is 14.2. The third-order valence-electron chi connectivity index (χ3n) is 3.29. The lowest BCUT2D eigenvalue weighted by molar-refractivity contribution is -0.137. The standard InChI is InChI=1S/C17H16Cl2FNO2/c1-11(23-16-8-7-13(18)9-14(16)19)17(22)21(2)10-12-5-3-4-6-15(12)20/h3-9,11H,10H2,1-2H3. The molecule has 2 aromatic rings. The summed E-state index contributed by atoms with van der Waals surface area (Å²) in [5, 5.41) is 0.812. The summed E-state index contributed by atoms with van der Waals surface area (Å²) in [4.78, 5) is 13.8. The van der Waals surface area contributed by atoms with Gasteiger partial charge in [0, 0.05) is 24.2 Å². The Labute approximate surface area is 144 Å². The molecule has 122 valence electrons. The first-order valence-electron chi connectivity index (χ1n) is 6.98. The molecule has 1 atom stereocenters. The molecular formula is C17H16Cl2FNO2. The number of rotatable bonds is 5. The van der Waals surface area contributed by atoms with E-state index in [-0.39, 0.29) is 18.3 Å². The summed E-state index contributed by atoms with van der Waals surface area (Å²) >= 11 is 11.8. The summed E-state index contributed by atoms with van der Waals surface area (Å²) in [5.41, 5.74) is 0.445. The summed E-state index contributed by atoms with van der Waals surface area (Å²) in [5.74, 6) is -0.253.